The summed E-state index contributed by atoms with van der Waals surface area (Å²) in [4.78, 5) is 11.3. The van der Waals surface area contributed by atoms with Crippen LogP contribution in [0, 0.1) is 5.92 Å². The van der Waals surface area contributed by atoms with Gasteiger partial charge in [0, 0.05) is 18.4 Å². The number of aliphatic hydroxyl groups is 1. The molecule has 15 heavy (non-hydrogen) atoms. The highest BCUT2D eigenvalue weighted by Gasteiger charge is 2.48. The lowest BCUT2D eigenvalue weighted by Crippen LogP contribution is -2.55. The van der Waals surface area contributed by atoms with Crippen molar-refractivity contribution >= 4 is 17.4 Å². The van der Waals surface area contributed by atoms with Crippen LogP contribution in [0.4, 0.5) is 0 Å². The van der Waals surface area contributed by atoms with Crippen molar-refractivity contribution < 1.29 is 14.6 Å². The number of ketones is 1. The smallest absolute Gasteiger partial charge is 0.167 e. The van der Waals surface area contributed by atoms with E-state index in [1.165, 1.54) is 14.0 Å². The molecule has 0 spiro atoms. The Morgan fingerprint density at radius 3 is 2.53 bits per heavy atom. The summed E-state index contributed by atoms with van der Waals surface area (Å²) in [5.41, 5.74) is -1.37. The molecule has 1 fully saturated rings. The number of alkyl halides is 1. The third kappa shape index (κ3) is 2.52. The molecule has 0 aliphatic heterocycles. The van der Waals surface area contributed by atoms with Gasteiger partial charge in [-0.3, -0.25) is 4.79 Å². The van der Waals surface area contributed by atoms with E-state index in [0.29, 0.717) is 12.8 Å². The van der Waals surface area contributed by atoms with Crippen molar-refractivity contribution in [3.63, 3.8) is 0 Å². The summed E-state index contributed by atoms with van der Waals surface area (Å²) >= 11 is 6.20. The molecule has 1 rings (SSSR count). The Hall–Kier alpha value is -0.120. The molecular weight excluding hydrogens is 216 g/mol. The van der Waals surface area contributed by atoms with Crippen LogP contribution in [0.25, 0.3) is 0 Å². The Kier molecular flexibility index (Phi) is 3.49. The zero-order valence-corrected chi connectivity index (χ0v) is 10.5. The largest absolute Gasteiger partial charge is 0.380 e. The number of carbonyl (C=O) groups is 1. The second kappa shape index (κ2) is 4.04. The van der Waals surface area contributed by atoms with E-state index in [0.717, 1.165) is 0 Å². The number of Topliss-reactive ketones (excluding diaryl/α,β-unsaturated/α-hetero) is 1. The normalized spacial score (nSPS) is 38.1. The van der Waals surface area contributed by atoms with Gasteiger partial charge >= 0.3 is 0 Å². The molecule has 0 saturated heterocycles. The molecule has 3 unspecified atom stereocenters. The number of carbonyl (C=O) groups excluding carboxylic acids is 1. The number of methoxy groups -OCH3 is 1. The molecule has 1 aliphatic rings. The topological polar surface area (TPSA) is 46.5 Å². The molecule has 4 heteroatoms. The number of hydrogen-bond acceptors (Lipinski definition) is 3. The SMILES string of the molecule is COC1CC(C(C)(C)Cl)CC(=O)C1(C)O. The van der Waals surface area contributed by atoms with Crippen LogP contribution < -0.4 is 0 Å². The maximum atomic E-state index is 11.8. The zero-order valence-electron chi connectivity index (χ0n) is 9.71. The standard InChI is InChI=1S/C11H19ClO3/c1-10(2,12)7-5-8(13)11(3,14)9(6-7)15-4/h7,9,14H,5-6H2,1-4H3. The summed E-state index contributed by atoms with van der Waals surface area (Å²) in [6, 6.07) is 0. The van der Waals surface area contributed by atoms with Gasteiger partial charge in [-0.1, -0.05) is 0 Å². The molecule has 0 aromatic rings. The third-order valence-electron chi connectivity index (χ3n) is 3.38. The van der Waals surface area contributed by atoms with Crippen LogP contribution in [0.5, 0.6) is 0 Å². The summed E-state index contributed by atoms with van der Waals surface area (Å²) in [6.45, 7) is 5.29. The molecule has 0 aromatic carbocycles. The Balaban J connectivity index is 2.86. The molecule has 0 bridgehead atoms. The number of rotatable bonds is 2. The van der Waals surface area contributed by atoms with E-state index in [2.05, 4.69) is 0 Å². The van der Waals surface area contributed by atoms with Crippen LogP contribution >= 0.6 is 11.6 Å². The minimum Gasteiger partial charge on any atom is -0.380 e. The summed E-state index contributed by atoms with van der Waals surface area (Å²) in [6.07, 6.45) is 0.483. The van der Waals surface area contributed by atoms with Crippen LogP contribution in [0.2, 0.25) is 0 Å². The van der Waals surface area contributed by atoms with E-state index in [1.54, 1.807) is 0 Å². The van der Waals surface area contributed by atoms with Gasteiger partial charge in [0.05, 0.1) is 6.10 Å². The molecule has 0 radical (unpaired) electrons. The van der Waals surface area contributed by atoms with Gasteiger partial charge in [0.2, 0.25) is 0 Å². The van der Waals surface area contributed by atoms with Gasteiger partial charge in [-0.15, -0.1) is 11.6 Å². The van der Waals surface area contributed by atoms with Gasteiger partial charge < -0.3 is 9.84 Å². The average Bonchev–Trinajstić information content (AvgIpc) is 2.07. The first kappa shape index (κ1) is 12.9. The van der Waals surface area contributed by atoms with Crippen molar-refractivity contribution in [2.45, 2.75) is 50.2 Å². The lowest BCUT2D eigenvalue weighted by atomic mass is 9.72. The van der Waals surface area contributed by atoms with Gasteiger partial charge in [0.15, 0.2) is 5.78 Å². The first-order chi connectivity index (χ1) is 6.69. The van der Waals surface area contributed by atoms with Crippen molar-refractivity contribution in [3.05, 3.63) is 0 Å². The molecule has 3 nitrogen and oxygen atoms in total. The highest BCUT2D eigenvalue weighted by atomic mass is 35.5. The lowest BCUT2D eigenvalue weighted by molar-refractivity contribution is -0.161. The fourth-order valence-electron chi connectivity index (χ4n) is 2.03. The molecular formula is C11H19ClO3. The second-order valence-corrected chi connectivity index (χ2v) is 5.97. The fraction of sp³-hybridized carbons (Fsp3) is 0.909. The quantitative estimate of drug-likeness (QED) is 0.741. The molecule has 1 saturated carbocycles. The van der Waals surface area contributed by atoms with Crippen molar-refractivity contribution in [3.8, 4) is 0 Å². The first-order valence-electron chi connectivity index (χ1n) is 5.17. The van der Waals surface area contributed by atoms with Crippen molar-refractivity contribution in [2.75, 3.05) is 7.11 Å². The van der Waals surface area contributed by atoms with E-state index in [-0.39, 0.29) is 11.7 Å². The van der Waals surface area contributed by atoms with Crippen LogP contribution in [0.15, 0.2) is 0 Å². The maximum Gasteiger partial charge on any atom is 0.167 e. The highest BCUT2D eigenvalue weighted by Crippen LogP contribution is 2.39. The molecule has 1 N–H and O–H groups in total. The monoisotopic (exact) mass is 234 g/mol. The van der Waals surface area contributed by atoms with E-state index < -0.39 is 16.6 Å². The van der Waals surface area contributed by atoms with Crippen LogP contribution in [0.3, 0.4) is 0 Å². The minimum atomic E-state index is -1.37. The van der Waals surface area contributed by atoms with Crippen LogP contribution in [0.1, 0.15) is 33.6 Å². The van der Waals surface area contributed by atoms with Gasteiger partial charge in [0.25, 0.3) is 0 Å². The molecule has 0 aromatic heterocycles. The maximum absolute atomic E-state index is 11.8. The Bertz CT molecular complexity index is 255. The number of hydrogen-bond donors (Lipinski definition) is 1. The Labute approximate surface area is 95.8 Å². The number of halogens is 1. The van der Waals surface area contributed by atoms with Crippen LogP contribution in [-0.2, 0) is 9.53 Å². The number of ether oxygens (including phenoxy) is 1. The molecule has 1 aliphatic carbocycles. The minimum absolute atomic E-state index is 0.0526. The zero-order chi connectivity index (χ0) is 11.9. The van der Waals surface area contributed by atoms with E-state index in [1.807, 2.05) is 13.8 Å². The second-order valence-electron chi connectivity index (χ2n) is 5.00. The molecule has 88 valence electrons. The first-order valence-corrected chi connectivity index (χ1v) is 5.54. The summed E-state index contributed by atoms with van der Waals surface area (Å²) < 4.78 is 5.17. The Morgan fingerprint density at radius 1 is 1.60 bits per heavy atom. The van der Waals surface area contributed by atoms with Gasteiger partial charge in [-0.05, 0) is 33.1 Å². The van der Waals surface area contributed by atoms with Crippen molar-refractivity contribution in [2.24, 2.45) is 5.92 Å². The molecule has 0 heterocycles. The van der Waals surface area contributed by atoms with Gasteiger partial charge in [0.1, 0.15) is 5.60 Å². The summed E-state index contributed by atoms with van der Waals surface area (Å²) in [5, 5.41) is 9.97. The fourth-order valence-corrected chi connectivity index (χ4v) is 2.20. The molecule has 0 amide bonds. The summed E-state index contributed by atoms with van der Waals surface area (Å²) in [5.74, 6) is -0.129. The van der Waals surface area contributed by atoms with Crippen LogP contribution in [-0.4, -0.2) is 34.6 Å². The van der Waals surface area contributed by atoms with E-state index >= 15 is 0 Å². The van der Waals surface area contributed by atoms with E-state index in [9.17, 15) is 9.90 Å². The van der Waals surface area contributed by atoms with E-state index in [4.69, 9.17) is 16.3 Å². The summed E-state index contributed by atoms with van der Waals surface area (Å²) in [7, 11) is 1.51. The lowest BCUT2D eigenvalue weighted by Gasteiger charge is -2.42. The third-order valence-corrected chi connectivity index (χ3v) is 3.69. The molecule has 3 atom stereocenters. The van der Waals surface area contributed by atoms with Gasteiger partial charge in [-0.25, -0.2) is 0 Å². The predicted octanol–water partition coefficient (Wildman–Crippen LogP) is 1.75. The highest BCUT2D eigenvalue weighted by molar-refractivity contribution is 6.23. The predicted molar refractivity (Wildman–Crippen MR) is 59.1 cm³/mol. The Morgan fingerprint density at radius 2 is 2.13 bits per heavy atom. The van der Waals surface area contributed by atoms with Crippen molar-refractivity contribution in [1.29, 1.82) is 0 Å². The van der Waals surface area contributed by atoms with Gasteiger partial charge in [-0.2, -0.15) is 0 Å². The average molecular weight is 235 g/mol. The van der Waals surface area contributed by atoms with Crippen molar-refractivity contribution in [1.82, 2.24) is 0 Å².